The van der Waals surface area contributed by atoms with Crippen molar-refractivity contribution in [2.75, 3.05) is 12.8 Å². The van der Waals surface area contributed by atoms with Crippen molar-refractivity contribution >= 4 is 11.9 Å². The molecule has 0 saturated carbocycles. The van der Waals surface area contributed by atoms with E-state index in [1.807, 2.05) is 0 Å². The Hall–Kier alpha value is -1.65. The average molecular weight is 181 g/mol. The zero-order chi connectivity index (χ0) is 9.68. The van der Waals surface area contributed by atoms with Crippen molar-refractivity contribution in [2.24, 2.45) is 0 Å². The van der Waals surface area contributed by atoms with Crippen LogP contribution in [0, 0.1) is 0 Å². The molecule has 0 saturated heterocycles. The van der Waals surface area contributed by atoms with Crippen LogP contribution in [0.2, 0.25) is 0 Å². The minimum atomic E-state index is -0.239. The Kier molecular flexibility index (Phi) is 3.19. The molecule has 0 fully saturated rings. The first-order valence-corrected chi connectivity index (χ1v) is 3.85. The smallest absolute Gasteiger partial charge is 0.305 e. The molecular formula is C8H11N3O2. The van der Waals surface area contributed by atoms with Gasteiger partial charge in [0.15, 0.2) is 0 Å². The Bertz CT molecular complexity index is 284. The molecule has 0 aliphatic rings. The van der Waals surface area contributed by atoms with E-state index in [1.165, 1.54) is 7.11 Å². The number of aromatic nitrogens is 2. The van der Waals surface area contributed by atoms with Crippen LogP contribution in [0.25, 0.3) is 0 Å². The fraction of sp³-hybridized carbons (Fsp3) is 0.375. The summed E-state index contributed by atoms with van der Waals surface area (Å²) in [4.78, 5) is 18.4. The van der Waals surface area contributed by atoms with E-state index < -0.39 is 0 Å². The zero-order valence-corrected chi connectivity index (χ0v) is 7.36. The van der Waals surface area contributed by atoms with Gasteiger partial charge >= 0.3 is 5.97 Å². The molecule has 0 amide bonds. The summed E-state index contributed by atoms with van der Waals surface area (Å²) in [5.41, 5.74) is 6.17. The number of anilines is 1. The lowest BCUT2D eigenvalue weighted by Gasteiger charge is -1.99. The van der Waals surface area contributed by atoms with Crippen molar-refractivity contribution in [2.45, 2.75) is 12.8 Å². The van der Waals surface area contributed by atoms with Gasteiger partial charge in [-0.1, -0.05) is 0 Å². The summed E-state index contributed by atoms with van der Waals surface area (Å²) in [6, 6.07) is 0. The van der Waals surface area contributed by atoms with Gasteiger partial charge in [-0.25, -0.2) is 9.97 Å². The molecule has 0 atom stereocenters. The van der Waals surface area contributed by atoms with E-state index in [-0.39, 0.29) is 11.9 Å². The van der Waals surface area contributed by atoms with Crippen LogP contribution in [0.1, 0.15) is 12.0 Å². The molecular weight excluding hydrogens is 170 g/mol. The zero-order valence-electron chi connectivity index (χ0n) is 7.36. The summed E-state index contributed by atoms with van der Waals surface area (Å²) in [5, 5.41) is 0. The van der Waals surface area contributed by atoms with E-state index in [4.69, 9.17) is 5.73 Å². The van der Waals surface area contributed by atoms with Crippen LogP contribution in [0.15, 0.2) is 12.4 Å². The Morgan fingerprint density at radius 3 is 2.69 bits per heavy atom. The number of hydrogen-bond acceptors (Lipinski definition) is 5. The molecule has 2 N–H and O–H groups in total. The fourth-order valence-corrected chi connectivity index (χ4v) is 0.842. The third-order valence-corrected chi connectivity index (χ3v) is 1.57. The first kappa shape index (κ1) is 9.44. The SMILES string of the molecule is COC(=O)CCc1cnc(N)nc1. The van der Waals surface area contributed by atoms with Gasteiger partial charge in [-0.2, -0.15) is 0 Å². The minimum absolute atomic E-state index is 0.238. The molecule has 5 nitrogen and oxygen atoms in total. The summed E-state index contributed by atoms with van der Waals surface area (Å²) >= 11 is 0. The summed E-state index contributed by atoms with van der Waals surface area (Å²) in [6.45, 7) is 0. The molecule has 5 heteroatoms. The molecule has 1 heterocycles. The summed E-state index contributed by atoms with van der Waals surface area (Å²) in [5.74, 6) is -0.00126. The second kappa shape index (κ2) is 4.39. The third kappa shape index (κ3) is 3.06. The molecule has 0 aliphatic carbocycles. The van der Waals surface area contributed by atoms with Crippen LogP contribution < -0.4 is 5.73 Å². The van der Waals surface area contributed by atoms with Crippen LogP contribution in [0.3, 0.4) is 0 Å². The van der Waals surface area contributed by atoms with E-state index in [9.17, 15) is 4.79 Å². The number of aryl methyl sites for hydroxylation is 1. The van der Waals surface area contributed by atoms with Gasteiger partial charge in [-0.05, 0) is 12.0 Å². The fourth-order valence-electron chi connectivity index (χ4n) is 0.842. The minimum Gasteiger partial charge on any atom is -0.469 e. The highest BCUT2D eigenvalue weighted by molar-refractivity contribution is 5.69. The van der Waals surface area contributed by atoms with Gasteiger partial charge < -0.3 is 10.5 Å². The molecule has 0 aliphatic heterocycles. The predicted molar refractivity (Wildman–Crippen MR) is 46.8 cm³/mol. The Morgan fingerprint density at radius 2 is 2.15 bits per heavy atom. The number of esters is 1. The highest BCUT2D eigenvalue weighted by atomic mass is 16.5. The second-order valence-corrected chi connectivity index (χ2v) is 2.53. The Labute approximate surface area is 75.9 Å². The van der Waals surface area contributed by atoms with E-state index in [0.29, 0.717) is 12.8 Å². The van der Waals surface area contributed by atoms with Gasteiger partial charge in [0.25, 0.3) is 0 Å². The van der Waals surface area contributed by atoms with Gasteiger partial charge in [0, 0.05) is 18.8 Å². The molecule has 70 valence electrons. The van der Waals surface area contributed by atoms with Gasteiger partial charge in [0.1, 0.15) is 0 Å². The van der Waals surface area contributed by atoms with Crippen LogP contribution >= 0.6 is 0 Å². The van der Waals surface area contributed by atoms with Crippen molar-refractivity contribution in [3.63, 3.8) is 0 Å². The summed E-state index contributed by atoms with van der Waals surface area (Å²) in [7, 11) is 1.36. The van der Waals surface area contributed by atoms with Crippen LogP contribution in [-0.2, 0) is 16.0 Å². The lowest BCUT2D eigenvalue weighted by molar-refractivity contribution is -0.140. The van der Waals surface area contributed by atoms with Crippen molar-refractivity contribution in [3.05, 3.63) is 18.0 Å². The Morgan fingerprint density at radius 1 is 1.54 bits per heavy atom. The largest absolute Gasteiger partial charge is 0.469 e. The van der Waals surface area contributed by atoms with Crippen LogP contribution in [-0.4, -0.2) is 23.0 Å². The molecule has 0 bridgehead atoms. The first-order valence-electron chi connectivity index (χ1n) is 3.85. The first-order chi connectivity index (χ1) is 6.22. The lowest BCUT2D eigenvalue weighted by atomic mass is 10.2. The predicted octanol–water partition coefficient (Wildman–Crippen LogP) is 0.164. The molecule has 0 unspecified atom stereocenters. The van der Waals surface area contributed by atoms with Crippen molar-refractivity contribution in [3.8, 4) is 0 Å². The van der Waals surface area contributed by atoms with Crippen LogP contribution in [0.5, 0.6) is 0 Å². The third-order valence-electron chi connectivity index (χ3n) is 1.57. The second-order valence-electron chi connectivity index (χ2n) is 2.53. The number of ether oxygens (including phenoxy) is 1. The number of methoxy groups -OCH3 is 1. The van der Waals surface area contributed by atoms with Gasteiger partial charge in [0.05, 0.1) is 7.11 Å². The van der Waals surface area contributed by atoms with Crippen molar-refractivity contribution < 1.29 is 9.53 Å². The molecule has 0 spiro atoms. The summed E-state index contributed by atoms with van der Waals surface area (Å²) < 4.78 is 4.49. The maximum Gasteiger partial charge on any atom is 0.305 e. The van der Waals surface area contributed by atoms with E-state index in [2.05, 4.69) is 14.7 Å². The van der Waals surface area contributed by atoms with E-state index in [0.717, 1.165) is 5.56 Å². The number of carbonyl (C=O) groups excluding carboxylic acids is 1. The maximum absolute atomic E-state index is 10.8. The number of nitrogens with zero attached hydrogens (tertiary/aromatic N) is 2. The lowest BCUT2D eigenvalue weighted by Crippen LogP contribution is -2.03. The van der Waals surface area contributed by atoms with Gasteiger partial charge in [-0.15, -0.1) is 0 Å². The standard InChI is InChI=1S/C8H11N3O2/c1-13-7(12)3-2-6-4-10-8(9)11-5-6/h4-5H,2-3H2,1H3,(H2,9,10,11). The quantitative estimate of drug-likeness (QED) is 0.672. The van der Waals surface area contributed by atoms with Crippen molar-refractivity contribution in [1.82, 2.24) is 9.97 Å². The summed E-state index contributed by atoms with van der Waals surface area (Å²) in [6.07, 6.45) is 4.12. The highest BCUT2D eigenvalue weighted by Gasteiger charge is 2.01. The maximum atomic E-state index is 10.8. The molecule has 13 heavy (non-hydrogen) atoms. The topological polar surface area (TPSA) is 78.1 Å². The van der Waals surface area contributed by atoms with Crippen LogP contribution in [0.4, 0.5) is 5.95 Å². The highest BCUT2D eigenvalue weighted by Crippen LogP contribution is 2.01. The molecule has 1 aromatic rings. The van der Waals surface area contributed by atoms with Crippen molar-refractivity contribution in [1.29, 1.82) is 0 Å². The molecule has 1 rings (SSSR count). The van der Waals surface area contributed by atoms with Gasteiger partial charge in [-0.3, -0.25) is 4.79 Å². The van der Waals surface area contributed by atoms with E-state index >= 15 is 0 Å². The normalized spacial score (nSPS) is 9.62. The number of carbonyl (C=O) groups is 1. The monoisotopic (exact) mass is 181 g/mol. The molecule has 0 aromatic carbocycles. The Balaban J connectivity index is 2.46. The molecule has 0 radical (unpaired) electrons. The average Bonchev–Trinajstić information content (AvgIpc) is 2.16. The molecule has 1 aromatic heterocycles. The number of nitrogen functional groups attached to an aromatic ring is 1. The van der Waals surface area contributed by atoms with E-state index in [1.54, 1.807) is 12.4 Å². The van der Waals surface area contributed by atoms with Gasteiger partial charge in [0.2, 0.25) is 5.95 Å². The number of nitrogens with two attached hydrogens (primary N) is 1. The number of hydrogen-bond donors (Lipinski definition) is 1. The number of rotatable bonds is 3.